The van der Waals surface area contributed by atoms with Crippen molar-refractivity contribution in [1.29, 1.82) is 0 Å². The number of fused-ring (bicyclic) bond motifs is 1. The van der Waals surface area contributed by atoms with Crippen molar-refractivity contribution in [2.75, 3.05) is 19.6 Å². The highest BCUT2D eigenvalue weighted by molar-refractivity contribution is 5.04. The van der Waals surface area contributed by atoms with Crippen molar-refractivity contribution in [3.05, 3.63) is 0 Å². The third-order valence-corrected chi connectivity index (χ3v) is 5.06. The molecule has 1 saturated carbocycles. The zero-order valence-electron chi connectivity index (χ0n) is 10.9. The summed E-state index contributed by atoms with van der Waals surface area (Å²) < 4.78 is 0. The zero-order valence-corrected chi connectivity index (χ0v) is 10.9. The topological polar surface area (TPSA) is 29.3 Å². The van der Waals surface area contributed by atoms with E-state index in [1.165, 1.54) is 13.1 Å². The molecule has 15 heavy (non-hydrogen) atoms. The minimum Gasteiger partial charge on any atom is -0.325 e. The molecule has 0 aromatic carbocycles. The first-order valence-electron chi connectivity index (χ1n) is 6.23. The van der Waals surface area contributed by atoms with Gasteiger partial charge < -0.3 is 10.6 Å². The molecular weight excluding hydrogens is 184 g/mol. The molecule has 1 aliphatic heterocycles. The Balaban J connectivity index is 1.88. The normalized spacial score (nSPS) is 36.8. The van der Waals surface area contributed by atoms with Crippen LogP contribution >= 0.6 is 0 Å². The van der Waals surface area contributed by atoms with Gasteiger partial charge in [0.2, 0.25) is 0 Å². The van der Waals surface area contributed by atoms with E-state index in [1.807, 2.05) is 0 Å². The second kappa shape index (κ2) is 3.21. The van der Waals surface area contributed by atoms with Crippen LogP contribution in [0, 0.1) is 23.2 Å². The minimum atomic E-state index is -0.0919. The Labute approximate surface area is 94.2 Å². The molecule has 2 rings (SSSR count). The van der Waals surface area contributed by atoms with Crippen LogP contribution in [-0.4, -0.2) is 30.1 Å². The Hall–Kier alpha value is -0.0800. The van der Waals surface area contributed by atoms with Gasteiger partial charge in [0.25, 0.3) is 0 Å². The van der Waals surface area contributed by atoms with Gasteiger partial charge in [0.15, 0.2) is 0 Å². The van der Waals surface area contributed by atoms with E-state index in [0.29, 0.717) is 0 Å². The van der Waals surface area contributed by atoms with Crippen LogP contribution in [0.2, 0.25) is 0 Å². The molecule has 2 unspecified atom stereocenters. The molecule has 0 bridgehead atoms. The Morgan fingerprint density at radius 1 is 1.13 bits per heavy atom. The number of nitrogens with two attached hydrogens (primary N) is 1. The van der Waals surface area contributed by atoms with Gasteiger partial charge in [-0.3, -0.25) is 0 Å². The molecule has 0 aromatic rings. The Morgan fingerprint density at radius 2 is 1.60 bits per heavy atom. The summed E-state index contributed by atoms with van der Waals surface area (Å²) in [5.74, 6) is 3.00. The van der Waals surface area contributed by atoms with Crippen molar-refractivity contribution in [2.24, 2.45) is 28.9 Å². The van der Waals surface area contributed by atoms with Crippen LogP contribution in [0.5, 0.6) is 0 Å². The molecule has 2 aliphatic rings. The molecular formula is C13H26N2. The van der Waals surface area contributed by atoms with Crippen molar-refractivity contribution in [2.45, 2.75) is 40.2 Å². The lowest BCUT2D eigenvalue weighted by Crippen LogP contribution is -2.53. The molecule has 0 radical (unpaired) electrons. The van der Waals surface area contributed by atoms with Gasteiger partial charge >= 0.3 is 0 Å². The van der Waals surface area contributed by atoms with E-state index in [-0.39, 0.29) is 11.0 Å². The van der Waals surface area contributed by atoms with Crippen molar-refractivity contribution in [3.63, 3.8) is 0 Å². The van der Waals surface area contributed by atoms with Crippen LogP contribution in [0.25, 0.3) is 0 Å². The standard InChI is InChI=1S/C13H26N2/c1-9-10-6-15(7-11(9)10)8-12(2,3)13(4,5)14/h9-11H,6-8,14H2,1-5H3. The van der Waals surface area contributed by atoms with Gasteiger partial charge in [-0.15, -0.1) is 0 Å². The number of hydrogen-bond donors (Lipinski definition) is 1. The first-order chi connectivity index (χ1) is 6.72. The van der Waals surface area contributed by atoms with Gasteiger partial charge in [-0.2, -0.15) is 0 Å². The maximum atomic E-state index is 6.24. The van der Waals surface area contributed by atoms with Gasteiger partial charge in [-0.05, 0) is 37.0 Å². The number of nitrogens with zero attached hydrogens (tertiary/aromatic N) is 1. The summed E-state index contributed by atoms with van der Waals surface area (Å²) in [6, 6.07) is 0. The predicted molar refractivity (Wildman–Crippen MR) is 64.6 cm³/mol. The first kappa shape index (κ1) is 11.4. The number of likely N-dealkylation sites (tertiary alicyclic amines) is 1. The maximum absolute atomic E-state index is 6.24. The average molecular weight is 210 g/mol. The van der Waals surface area contributed by atoms with E-state index in [9.17, 15) is 0 Å². The van der Waals surface area contributed by atoms with E-state index in [0.717, 1.165) is 24.3 Å². The Morgan fingerprint density at radius 3 is 2.00 bits per heavy atom. The monoisotopic (exact) mass is 210 g/mol. The fourth-order valence-corrected chi connectivity index (χ4v) is 2.80. The van der Waals surface area contributed by atoms with Gasteiger partial charge in [-0.25, -0.2) is 0 Å². The largest absolute Gasteiger partial charge is 0.325 e. The molecule has 2 heteroatoms. The van der Waals surface area contributed by atoms with E-state index in [2.05, 4.69) is 39.5 Å². The molecule has 1 heterocycles. The highest BCUT2D eigenvalue weighted by Crippen LogP contribution is 2.51. The zero-order chi connectivity index (χ0) is 11.4. The van der Waals surface area contributed by atoms with Crippen molar-refractivity contribution in [1.82, 2.24) is 4.90 Å². The van der Waals surface area contributed by atoms with E-state index in [1.54, 1.807) is 0 Å². The fraction of sp³-hybridized carbons (Fsp3) is 1.00. The average Bonchev–Trinajstić information content (AvgIpc) is 2.54. The summed E-state index contributed by atoms with van der Waals surface area (Å²) >= 11 is 0. The lowest BCUT2D eigenvalue weighted by atomic mass is 9.75. The summed E-state index contributed by atoms with van der Waals surface area (Å²) in [4.78, 5) is 2.62. The lowest BCUT2D eigenvalue weighted by Gasteiger charge is -2.41. The van der Waals surface area contributed by atoms with E-state index < -0.39 is 0 Å². The molecule has 0 spiro atoms. The SMILES string of the molecule is CC1C2CN(CC(C)(C)C(C)(C)N)CC12. The van der Waals surface area contributed by atoms with Crippen LogP contribution in [0.4, 0.5) is 0 Å². The smallest absolute Gasteiger partial charge is 0.0161 e. The Kier molecular flexibility index (Phi) is 2.44. The van der Waals surface area contributed by atoms with Gasteiger partial charge in [0.1, 0.15) is 0 Å². The third-order valence-electron chi connectivity index (χ3n) is 5.06. The molecule has 88 valence electrons. The minimum absolute atomic E-state index is 0.0919. The molecule has 0 aromatic heterocycles. The molecule has 2 fully saturated rings. The van der Waals surface area contributed by atoms with Crippen molar-refractivity contribution >= 4 is 0 Å². The van der Waals surface area contributed by atoms with Gasteiger partial charge in [0.05, 0.1) is 0 Å². The van der Waals surface area contributed by atoms with Crippen LogP contribution in [0.15, 0.2) is 0 Å². The fourth-order valence-electron chi connectivity index (χ4n) is 2.80. The van der Waals surface area contributed by atoms with E-state index in [4.69, 9.17) is 5.73 Å². The summed E-state index contributed by atoms with van der Waals surface area (Å²) in [5.41, 5.74) is 6.35. The van der Waals surface area contributed by atoms with Crippen LogP contribution in [0.1, 0.15) is 34.6 Å². The summed E-state index contributed by atoms with van der Waals surface area (Å²) in [6.07, 6.45) is 0. The predicted octanol–water partition coefficient (Wildman–Crippen LogP) is 1.95. The highest BCUT2D eigenvalue weighted by atomic mass is 15.2. The van der Waals surface area contributed by atoms with E-state index >= 15 is 0 Å². The number of rotatable bonds is 3. The van der Waals surface area contributed by atoms with Crippen molar-refractivity contribution < 1.29 is 0 Å². The van der Waals surface area contributed by atoms with Crippen LogP contribution in [-0.2, 0) is 0 Å². The molecule has 1 saturated heterocycles. The quantitative estimate of drug-likeness (QED) is 0.771. The molecule has 0 amide bonds. The van der Waals surface area contributed by atoms with Gasteiger partial charge in [-0.1, -0.05) is 20.8 Å². The Bertz CT molecular complexity index is 240. The third kappa shape index (κ3) is 1.94. The van der Waals surface area contributed by atoms with Crippen molar-refractivity contribution in [3.8, 4) is 0 Å². The van der Waals surface area contributed by atoms with Crippen LogP contribution < -0.4 is 5.73 Å². The maximum Gasteiger partial charge on any atom is 0.0161 e. The summed E-state index contributed by atoms with van der Waals surface area (Å²) in [7, 11) is 0. The molecule has 2 N–H and O–H groups in total. The lowest BCUT2D eigenvalue weighted by molar-refractivity contribution is 0.119. The molecule has 2 atom stereocenters. The molecule has 1 aliphatic carbocycles. The summed E-state index contributed by atoms with van der Waals surface area (Å²) in [6.45, 7) is 15.0. The van der Waals surface area contributed by atoms with Gasteiger partial charge in [0, 0.05) is 25.2 Å². The second-order valence-corrected chi connectivity index (χ2v) is 6.99. The van der Waals surface area contributed by atoms with Crippen LogP contribution in [0.3, 0.4) is 0 Å². The summed E-state index contributed by atoms with van der Waals surface area (Å²) in [5, 5.41) is 0. The first-order valence-corrected chi connectivity index (χ1v) is 6.23. The number of piperidine rings is 1. The number of hydrogen-bond acceptors (Lipinski definition) is 2. The molecule has 2 nitrogen and oxygen atoms in total. The second-order valence-electron chi connectivity index (χ2n) is 6.99. The highest BCUT2D eigenvalue weighted by Gasteiger charge is 2.53.